The van der Waals surface area contributed by atoms with E-state index in [4.69, 9.17) is 23.8 Å². The number of phenols is 1. The molecule has 27 heavy (non-hydrogen) atoms. The average molecular weight is 395 g/mol. The smallest absolute Gasteiger partial charge is 0.255 e. The van der Waals surface area contributed by atoms with Gasteiger partial charge in [-0.3, -0.25) is 9.78 Å². The molecule has 1 heterocycles. The Balaban J connectivity index is 1.93. The molecule has 134 valence electrons. The Labute approximate surface area is 165 Å². The number of aromatic amines is 2. The van der Waals surface area contributed by atoms with Crippen molar-refractivity contribution in [2.45, 2.75) is 6.42 Å². The van der Waals surface area contributed by atoms with Crippen molar-refractivity contribution in [1.82, 2.24) is 9.97 Å². The van der Waals surface area contributed by atoms with Crippen LogP contribution in [0.15, 0.2) is 65.5 Å². The molecule has 0 atom stereocenters. The van der Waals surface area contributed by atoms with Crippen LogP contribution in [0.3, 0.4) is 0 Å². The van der Waals surface area contributed by atoms with E-state index in [1.165, 1.54) is 0 Å². The second-order valence-corrected chi connectivity index (χ2v) is 7.07. The van der Waals surface area contributed by atoms with Crippen molar-refractivity contribution in [2.24, 2.45) is 0 Å². The number of hydrogen-bond acceptors (Lipinski definition) is 3. The Bertz CT molecular complexity index is 1260. The molecule has 4 aromatic rings. The first-order chi connectivity index (χ1) is 13.0. The highest BCUT2D eigenvalue weighted by Crippen LogP contribution is 2.31. The fourth-order valence-electron chi connectivity index (χ4n) is 3.23. The molecule has 0 bridgehead atoms. The Morgan fingerprint density at radius 3 is 2.44 bits per heavy atom. The van der Waals surface area contributed by atoms with Crippen LogP contribution in [0.2, 0.25) is 5.02 Å². The van der Waals surface area contributed by atoms with Gasteiger partial charge in [0.05, 0.1) is 5.69 Å². The maximum atomic E-state index is 12.7. The second-order valence-electron chi connectivity index (χ2n) is 6.23. The summed E-state index contributed by atoms with van der Waals surface area (Å²) in [6.45, 7) is 0. The summed E-state index contributed by atoms with van der Waals surface area (Å²) in [6, 6.07) is 18.4. The van der Waals surface area contributed by atoms with Crippen molar-refractivity contribution in [2.75, 3.05) is 0 Å². The molecule has 0 aliphatic heterocycles. The van der Waals surface area contributed by atoms with Gasteiger partial charge in [-0.15, -0.1) is 0 Å². The first-order valence-corrected chi connectivity index (χ1v) is 9.12. The van der Waals surface area contributed by atoms with Crippen LogP contribution in [0, 0.1) is 4.77 Å². The Hall–Kier alpha value is -2.89. The number of benzene rings is 3. The number of fused-ring (bicyclic) bond motifs is 1. The number of halogens is 1. The Morgan fingerprint density at radius 1 is 0.926 bits per heavy atom. The molecule has 6 heteroatoms. The predicted octanol–water partition coefficient (Wildman–Crippen LogP) is 5.20. The molecule has 3 N–H and O–H groups in total. The molecule has 0 aliphatic carbocycles. The molecule has 1 aromatic heterocycles. The Kier molecular flexibility index (Phi) is 4.56. The van der Waals surface area contributed by atoms with E-state index in [2.05, 4.69) is 9.97 Å². The molecule has 4 rings (SSSR count). The highest BCUT2D eigenvalue weighted by molar-refractivity contribution is 7.71. The molecule has 4 nitrogen and oxygen atoms in total. The van der Waals surface area contributed by atoms with E-state index >= 15 is 0 Å². The van der Waals surface area contributed by atoms with Crippen molar-refractivity contribution in [3.8, 4) is 17.0 Å². The van der Waals surface area contributed by atoms with E-state index in [1.807, 2.05) is 42.5 Å². The highest BCUT2D eigenvalue weighted by atomic mass is 35.5. The quantitative estimate of drug-likeness (QED) is 0.418. The number of hydrogen-bond donors (Lipinski definition) is 3. The summed E-state index contributed by atoms with van der Waals surface area (Å²) < 4.78 is 0.246. The van der Waals surface area contributed by atoms with Crippen LogP contribution in [-0.2, 0) is 6.42 Å². The van der Waals surface area contributed by atoms with E-state index in [-0.39, 0.29) is 22.5 Å². The van der Waals surface area contributed by atoms with Crippen LogP contribution >= 0.6 is 23.8 Å². The summed E-state index contributed by atoms with van der Waals surface area (Å²) in [5.41, 5.74) is 2.33. The fraction of sp³-hybridized carbons (Fsp3) is 0.0476. The summed E-state index contributed by atoms with van der Waals surface area (Å²) in [7, 11) is 0. The summed E-state index contributed by atoms with van der Waals surface area (Å²) in [5, 5.41) is 13.0. The predicted molar refractivity (Wildman–Crippen MR) is 111 cm³/mol. The maximum absolute atomic E-state index is 12.7. The zero-order valence-corrected chi connectivity index (χ0v) is 15.7. The lowest BCUT2D eigenvalue weighted by Gasteiger charge is -2.12. The minimum Gasteiger partial charge on any atom is -0.508 e. The molecule has 0 fully saturated rings. The van der Waals surface area contributed by atoms with Gasteiger partial charge in [0, 0.05) is 22.6 Å². The van der Waals surface area contributed by atoms with Gasteiger partial charge in [-0.1, -0.05) is 54.1 Å². The number of aromatic hydroxyl groups is 1. The van der Waals surface area contributed by atoms with Gasteiger partial charge >= 0.3 is 0 Å². The monoisotopic (exact) mass is 394 g/mol. The van der Waals surface area contributed by atoms with Gasteiger partial charge in [-0.05, 0) is 46.8 Å². The van der Waals surface area contributed by atoms with Gasteiger partial charge in [0.25, 0.3) is 5.56 Å². The van der Waals surface area contributed by atoms with E-state index in [9.17, 15) is 9.90 Å². The molecule has 0 radical (unpaired) electrons. The van der Waals surface area contributed by atoms with E-state index in [0.29, 0.717) is 21.8 Å². The lowest BCUT2D eigenvalue weighted by Crippen LogP contribution is -2.16. The van der Waals surface area contributed by atoms with Crippen molar-refractivity contribution in [3.05, 3.63) is 91.9 Å². The molecular formula is C21H15ClN2O2S. The summed E-state index contributed by atoms with van der Waals surface area (Å²) in [6.07, 6.45) is 0.257. The summed E-state index contributed by atoms with van der Waals surface area (Å²) in [5.74, 6) is 0.151. The lowest BCUT2D eigenvalue weighted by atomic mass is 9.95. The van der Waals surface area contributed by atoms with Gasteiger partial charge in [0.15, 0.2) is 4.77 Å². The van der Waals surface area contributed by atoms with Crippen LogP contribution in [0.25, 0.3) is 22.0 Å². The van der Waals surface area contributed by atoms with Crippen molar-refractivity contribution in [1.29, 1.82) is 0 Å². The topological polar surface area (TPSA) is 68.9 Å². The fourth-order valence-corrected chi connectivity index (χ4v) is 3.55. The van der Waals surface area contributed by atoms with Gasteiger partial charge in [-0.25, -0.2) is 0 Å². The number of phenolic OH excluding ortho intramolecular Hbond substituents is 1. The van der Waals surface area contributed by atoms with Crippen LogP contribution in [0.1, 0.15) is 11.1 Å². The summed E-state index contributed by atoms with van der Waals surface area (Å²) in [4.78, 5) is 18.4. The maximum Gasteiger partial charge on any atom is 0.255 e. The minimum atomic E-state index is -0.281. The van der Waals surface area contributed by atoms with E-state index in [0.717, 1.165) is 16.3 Å². The van der Waals surface area contributed by atoms with Gasteiger partial charge in [-0.2, -0.15) is 0 Å². The third-order valence-corrected chi connectivity index (χ3v) is 5.00. The zero-order chi connectivity index (χ0) is 19.0. The number of H-pyrrole nitrogens is 2. The molecule has 0 amide bonds. The molecule has 0 spiro atoms. The summed E-state index contributed by atoms with van der Waals surface area (Å²) >= 11 is 11.1. The highest BCUT2D eigenvalue weighted by Gasteiger charge is 2.15. The first kappa shape index (κ1) is 17.5. The minimum absolute atomic E-state index is 0.151. The van der Waals surface area contributed by atoms with Crippen LogP contribution in [-0.4, -0.2) is 15.1 Å². The largest absolute Gasteiger partial charge is 0.508 e. The normalized spacial score (nSPS) is 11.0. The number of aromatic nitrogens is 2. The van der Waals surface area contributed by atoms with E-state index in [1.54, 1.807) is 18.2 Å². The van der Waals surface area contributed by atoms with E-state index < -0.39 is 0 Å². The van der Waals surface area contributed by atoms with Gasteiger partial charge in [0.1, 0.15) is 5.75 Å². The molecule has 0 saturated heterocycles. The Morgan fingerprint density at radius 2 is 1.67 bits per heavy atom. The first-order valence-electron chi connectivity index (χ1n) is 8.34. The number of nitrogens with one attached hydrogen (secondary N) is 2. The average Bonchev–Trinajstić information content (AvgIpc) is 2.66. The lowest BCUT2D eigenvalue weighted by molar-refractivity contribution is 0.470. The van der Waals surface area contributed by atoms with Crippen LogP contribution in [0.5, 0.6) is 5.75 Å². The molecule has 0 saturated carbocycles. The zero-order valence-electron chi connectivity index (χ0n) is 14.1. The molecule has 0 aliphatic rings. The molecule has 0 unspecified atom stereocenters. The van der Waals surface area contributed by atoms with Crippen LogP contribution < -0.4 is 5.56 Å². The third kappa shape index (κ3) is 3.39. The van der Waals surface area contributed by atoms with Gasteiger partial charge in [0.2, 0.25) is 0 Å². The van der Waals surface area contributed by atoms with Crippen molar-refractivity contribution in [3.63, 3.8) is 0 Å². The molecular weight excluding hydrogens is 380 g/mol. The van der Waals surface area contributed by atoms with Crippen LogP contribution in [0.4, 0.5) is 0 Å². The van der Waals surface area contributed by atoms with Gasteiger partial charge < -0.3 is 10.1 Å². The third-order valence-electron chi connectivity index (χ3n) is 4.54. The number of rotatable bonds is 3. The van der Waals surface area contributed by atoms with Crippen molar-refractivity contribution >= 4 is 34.6 Å². The van der Waals surface area contributed by atoms with Crippen molar-refractivity contribution < 1.29 is 5.11 Å². The molecule has 3 aromatic carbocycles. The standard InChI is InChI=1S/C21H15ClN2O2S/c22-14-8-5-13(6-9-14)19-17(20(26)24-21(27)23-19)11-16-15-4-2-1-3-12(15)7-10-18(16)25/h1-10,25H,11H2,(H2,23,24,26,27). The SMILES string of the molecule is O=c1[nH]c(=S)[nH]c(-c2ccc(Cl)cc2)c1Cc1c(O)ccc2ccccc12. The second kappa shape index (κ2) is 7.02.